The van der Waals surface area contributed by atoms with Crippen LogP contribution in [0.3, 0.4) is 0 Å². The van der Waals surface area contributed by atoms with Crippen LogP contribution in [-0.4, -0.2) is 33.8 Å². The lowest BCUT2D eigenvalue weighted by molar-refractivity contribution is 0.633. The second-order valence-corrected chi connectivity index (χ2v) is 6.30. The van der Waals surface area contributed by atoms with Crippen molar-refractivity contribution < 1.29 is 0 Å². The van der Waals surface area contributed by atoms with Gasteiger partial charge in [-0.15, -0.1) is 45.5 Å². The minimum absolute atomic E-state index is 0. The standard InChI is InChI=1S/C15H24N6S.HI/c1-4-14-20-19-11-21(14)9-8-17-15(16-5-2)18-10-13-7-6-12(3)22-13;/h6-7,11H,4-5,8-10H2,1-3H3,(H2,16,17,18);1H. The van der Waals surface area contributed by atoms with Crippen molar-refractivity contribution in [1.82, 2.24) is 25.4 Å². The zero-order valence-corrected chi connectivity index (χ0v) is 17.0. The third-order valence-corrected chi connectivity index (χ3v) is 4.18. The lowest BCUT2D eigenvalue weighted by atomic mass is 10.4. The number of rotatable bonds is 7. The first-order chi connectivity index (χ1) is 10.7. The normalized spacial score (nSPS) is 11.2. The Morgan fingerprint density at radius 3 is 2.78 bits per heavy atom. The number of hydrogen-bond donors (Lipinski definition) is 2. The smallest absolute Gasteiger partial charge is 0.191 e. The Morgan fingerprint density at radius 2 is 2.13 bits per heavy atom. The first-order valence-electron chi connectivity index (χ1n) is 7.67. The molecule has 2 heterocycles. The molecule has 0 aliphatic rings. The fourth-order valence-electron chi connectivity index (χ4n) is 2.10. The highest BCUT2D eigenvalue weighted by atomic mass is 127. The predicted octanol–water partition coefficient (Wildman–Crippen LogP) is 2.58. The van der Waals surface area contributed by atoms with Crippen LogP contribution in [0.4, 0.5) is 0 Å². The van der Waals surface area contributed by atoms with E-state index in [9.17, 15) is 0 Å². The van der Waals surface area contributed by atoms with Gasteiger partial charge in [0, 0.05) is 35.8 Å². The van der Waals surface area contributed by atoms with Crippen molar-refractivity contribution in [3.8, 4) is 0 Å². The van der Waals surface area contributed by atoms with Crippen LogP contribution in [0.5, 0.6) is 0 Å². The summed E-state index contributed by atoms with van der Waals surface area (Å²) in [5.74, 6) is 1.86. The molecule has 2 rings (SSSR count). The van der Waals surface area contributed by atoms with Crippen molar-refractivity contribution in [2.45, 2.75) is 40.3 Å². The van der Waals surface area contributed by atoms with E-state index in [0.29, 0.717) is 6.54 Å². The maximum absolute atomic E-state index is 4.62. The number of aryl methyl sites for hydroxylation is 2. The van der Waals surface area contributed by atoms with Gasteiger partial charge in [-0.05, 0) is 26.0 Å². The van der Waals surface area contributed by atoms with Gasteiger partial charge >= 0.3 is 0 Å². The molecule has 0 saturated carbocycles. The van der Waals surface area contributed by atoms with Gasteiger partial charge in [0.05, 0.1) is 6.54 Å². The van der Waals surface area contributed by atoms with Crippen LogP contribution in [0.15, 0.2) is 23.5 Å². The summed E-state index contributed by atoms with van der Waals surface area (Å²) in [7, 11) is 0. The van der Waals surface area contributed by atoms with Gasteiger partial charge in [-0.2, -0.15) is 0 Å². The van der Waals surface area contributed by atoms with E-state index in [1.165, 1.54) is 9.75 Å². The van der Waals surface area contributed by atoms with Crippen molar-refractivity contribution in [2.75, 3.05) is 13.1 Å². The number of aromatic nitrogens is 3. The molecule has 23 heavy (non-hydrogen) atoms. The summed E-state index contributed by atoms with van der Waals surface area (Å²) in [6.45, 7) is 9.46. The SMILES string of the molecule is CCNC(=NCc1ccc(C)s1)NCCn1cnnc1CC.I. The average Bonchev–Trinajstić information content (AvgIpc) is 3.13. The average molecular weight is 448 g/mol. The van der Waals surface area contributed by atoms with Crippen molar-refractivity contribution in [3.63, 3.8) is 0 Å². The van der Waals surface area contributed by atoms with Crippen LogP contribution in [0.1, 0.15) is 29.4 Å². The molecule has 128 valence electrons. The molecule has 0 bridgehead atoms. The lowest BCUT2D eigenvalue weighted by Gasteiger charge is -2.12. The summed E-state index contributed by atoms with van der Waals surface area (Å²) in [5.41, 5.74) is 0. The van der Waals surface area contributed by atoms with Gasteiger partial charge in [0.1, 0.15) is 12.2 Å². The third-order valence-electron chi connectivity index (χ3n) is 3.19. The Bertz CT molecular complexity index is 607. The molecule has 2 aromatic heterocycles. The fourth-order valence-corrected chi connectivity index (χ4v) is 2.92. The van der Waals surface area contributed by atoms with E-state index < -0.39 is 0 Å². The molecule has 2 N–H and O–H groups in total. The molecular weight excluding hydrogens is 423 g/mol. The van der Waals surface area contributed by atoms with E-state index in [1.807, 2.05) is 0 Å². The highest BCUT2D eigenvalue weighted by molar-refractivity contribution is 14.0. The van der Waals surface area contributed by atoms with E-state index >= 15 is 0 Å². The maximum Gasteiger partial charge on any atom is 0.191 e. The molecule has 0 fully saturated rings. The Morgan fingerprint density at radius 1 is 1.30 bits per heavy atom. The summed E-state index contributed by atoms with van der Waals surface area (Å²) >= 11 is 1.79. The molecule has 0 saturated heterocycles. The Labute approximate surface area is 158 Å². The molecule has 0 aliphatic carbocycles. The third kappa shape index (κ3) is 6.46. The number of halogens is 1. The summed E-state index contributed by atoms with van der Waals surface area (Å²) < 4.78 is 2.07. The number of thiophene rings is 1. The van der Waals surface area contributed by atoms with Gasteiger partial charge in [0.25, 0.3) is 0 Å². The van der Waals surface area contributed by atoms with Gasteiger partial charge in [-0.3, -0.25) is 0 Å². The van der Waals surface area contributed by atoms with Crippen LogP contribution in [0.2, 0.25) is 0 Å². The van der Waals surface area contributed by atoms with E-state index in [-0.39, 0.29) is 24.0 Å². The van der Waals surface area contributed by atoms with Crippen molar-refractivity contribution in [3.05, 3.63) is 34.0 Å². The molecule has 8 heteroatoms. The van der Waals surface area contributed by atoms with Crippen LogP contribution in [-0.2, 0) is 19.5 Å². The highest BCUT2D eigenvalue weighted by Crippen LogP contribution is 2.15. The van der Waals surface area contributed by atoms with Crippen molar-refractivity contribution >= 4 is 41.3 Å². The van der Waals surface area contributed by atoms with E-state index in [1.54, 1.807) is 17.7 Å². The Balaban J connectivity index is 0.00000264. The molecule has 6 nitrogen and oxygen atoms in total. The minimum Gasteiger partial charge on any atom is -0.357 e. The second-order valence-electron chi connectivity index (χ2n) is 4.93. The molecule has 0 unspecified atom stereocenters. The second kappa shape index (κ2) is 10.6. The van der Waals surface area contributed by atoms with E-state index in [4.69, 9.17) is 0 Å². The number of guanidine groups is 1. The molecule has 0 spiro atoms. The number of nitrogens with one attached hydrogen (secondary N) is 2. The summed E-state index contributed by atoms with van der Waals surface area (Å²) in [5, 5.41) is 14.7. The largest absolute Gasteiger partial charge is 0.357 e. The zero-order valence-electron chi connectivity index (χ0n) is 13.9. The first-order valence-corrected chi connectivity index (χ1v) is 8.48. The molecule has 0 radical (unpaired) electrons. The predicted molar refractivity (Wildman–Crippen MR) is 107 cm³/mol. The topological polar surface area (TPSA) is 67.1 Å². The molecule has 0 aromatic carbocycles. The van der Waals surface area contributed by atoms with E-state index in [0.717, 1.165) is 37.8 Å². The van der Waals surface area contributed by atoms with Crippen LogP contribution in [0.25, 0.3) is 0 Å². The molecule has 0 aliphatic heterocycles. The quantitative estimate of drug-likeness (QED) is 0.388. The van der Waals surface area contributed by atoms with Gasteiger partial charge in [0.15, 0.2) is 5.96 Å². The van der Waals surface area contributed by atoms with Gasteiger partial charge in [0.2, 0.25) is 0 Å². The molecule has 2 aromatic rings. The summed E-state index contributed by atoms with van der Waals surface area (Å²) in [4.78, 5) is 7.22. The summed E-state index contributed by atoms with van der Waals surface area (Å²) in [6.07, 6.45) is 2.67. The monoisotopic (exact) mass is 448 g/mol. The number of hydrogen-bond acceptors (Lipinski definition) is 4. The van der Waals surface area contributed by atoms with Crippen molar-refractivity contribution in [1.29, 1.82) is 0 Å². The maximum atomic E-state index is 4.62. The minimum atomic E-state index is 0. The molecular formula is C15H25IN6S. The first kappa shape index (κ1) is 19.9. The van der Waals surface area contributed by atoms with Crippen LogP contribution < -0.4 is 10.6 Å². The number of aliphatic imine (C=N–C) groups is 1. The van der Waals surface area contributed by atoms with Crippen LogP contribution in [0, 0.1) is 6.92 Å². The molecule has 0 atom stereocenters. The molecule has 0 amide bonds. The zero-order chi connectivity index (χ0) is 15.8. The Kier molecular flexibility index (Phi) is 9.15. The highest BCUT2D eigenvalue weighted by Gasteiger charge is 2.02. The summed E-state index contributed by atoms with van der Waals surface area (Å²) in [6, 6.07) is 4.27. The van der Waals surface area contributed by atoms with Gasteiger partial charge in [-0.1, -0.05) is 6.92 Å². The van der Waals surface area contributed by atoms with Crippen molar-refractivity contribution in [2.24, 2.45) is 4.99 Å². The number of nitrogens with zero attached hydrogens (tertiary/aromatic N) is 4. The van der Waals surface area contributed by atoms with Gasteiger partial charge in [-0.25, -0.2) is 4.99 Å². The van der Waals surface area contributed by atoms with Crippen LogP contribution >= 0.6 is 35.3 Å². The lowest BCUT2D eigenvalue weighted by Crippen LogP contribution is -2.38. The fraction of sp³-hybridized carbons (Fsp3) is 0.533. The van der Waals surface area contributed by atoms with Gasteiger partial charge < -0.3 is 15.2 Å². The van der Waals surface area contributed by atoms with E-state index in [2.05, 4.69) is 63.3 Å². The Hall–Kier alpha value is -1.16.